The van der Waals surface area contributed by atoms with Crippen molar-refractivity contribution in [1.82, 2.24) is 19.5 Å². The molecule has 2 aliphatic carbocycles. The number of nitrogens with zero attached hydrogens (tertiary/aromatic N) is 3. The van der Waals surface area contributed by atoms with Gasteiger partial charge >= 0.3 is 12.0 Å². The molecule has 1 saturated heterocycles. The fraction of sp³-hybridized carbons (Fsp3) is 0.462. The second kappa shape index (κ2) is 15.0. The van der Waals surface area contributed by atoms with Crippen LogP contribution in [-0.4, -0.2) is 96.8 Å². The third-order valence-corrected chi connectivity index (χ3v) is 12.5. The summed E-state index contributed by atoms with van der Waals surface area (Å²) in [5.41, 5.74) is -2.15. The molecule has 294 valence electrons. The Bertz CT molecular complexity index is 2150. The highest BCUT2D eigenvalue weighted by Gasteiger charge is 2.68. The molecule has 6 rings (SSSR count). The van der Waals surface area contributed by atoms with E-state index in [9.17, 15) is 18.0 Å². The Balaban J connectivity index is 1.37. The van der Waals surface area contributed by atoms with Crippen molar-refractivity contribution in [3.05, 3.63) is 71.9 Å². The summed E-state index contributed by atoms with van der Waals surface area (Å²) in [6.07, 6.45) is 3.55. The predicted octanol–water partition coefficient (Wildman–Crippen LogP) is 5.55. The standard InChI is InChI=1S/C39H46ClN5O9S/c1-8-24-19-39(24,36(48)43-55(50,51)28-13-14-28)45(34(46)32(38(3,4)5)42-26-11-9-10-23(17-26)35(47)53-7)37(49)44-21-27(16-22(44)2)54-33-30-18-25(40)12-15-29(30)31(52-6)20-41-33/h8-12,15,17-18,20,22,24,27-28,32,42H,1,13-14,16,19,21H2,2-7H3,(H,43,48)/t22?,24-,27-,32+,39-/m1/s1. The molecule has 0 bridgehead atoms. The first-order valence-corrected chi connectivity index (χ1v) is 19.9. The number of methoxy groups -OCH3 is 2. The Morgan fingerprint density at radius 1 is 1.11 bits per heavy atom. The van der Waals surface area contributed by atoms with Crippen LogP contribution in [0.2, 0.25) is 5.02 Å². The number of esters is 1. The number of benzene rings is 2. The molecule has 1 unspecified atom stereocenters. The summed E-state index contributed by atoms with van der Waals surface area (Å²) >= 11 is 6.33. The zero-order valence-corrected chi connectivity index (χ0v) is 33.2. The van der Waals surface area contributed by atoms with Gasteiger partial charge in [-0.2, -0.15) is 0 Å². The lowest BCUT2D eigenvalue weighted by molar-refractivity contribution is -0.141. The van der Waals surface area contributed by atoms with Crippen LogP contribution in [0.3, 0.4) is 0 Å². The van der Waals surface area contributed by atoms with Crippen LogP contribution in [0.4, 0.5) is 10.5 Å². The lowest BCUT2D eigenvalue weighted by atomic mass is 9.85. The highest BCUT2D eigenvalue weighted by molar-refractivity contribution is 7.91. The van der Waals surface area contributed by atoms with Crippen molar-refractivity contribution in [2.75, 3.05) is 26.1 Å². The summed E-state index contributed by atoms with van der Waals surface area (Å²) in [7, 11) is -1.27. The van der Waals surface area contributed by atoms with E-state index in [-0.39, 0.29) is 24.4 Å². The second-order valence-electron chi connectivity index (χ2n) is 15.4. The molecular formula is C39H46ClN5O9S. The first kappa shape index (κ1) is 39.8. The number of sulfonamides is 1. The van der Waals surface area contributed by atoms with Crippen molar-refractivity contribution < 1.29 is 41.8 Å². The number of hydrogen-bond donors (Lipinski definition) is 2. The van der Waals surface area contributed by atoms with E-state index >= 15 is 9.59 Å². The lowest BCUT2D eigenvalue weighted by Crippen LogP contribution is -2.64. The molecule has 2 saturated carbocycles. The molecular weight excluding hydrogens is 750 g/mol. The van der Waals surface area contributed by atoms with Gasteiger partial charge in [-0.15, -0.1) is 6.58 Å². The summed E-state index contributed by atoms with van der Waals surface area (Å²) < 4.78 is 45.2. The van der Waals surface area contributed by atoms with Crippen LogP contribution in [0, 0.1) is 11.3 Å². The number of likely N-dealkylation sites (tertiary alicyclic amines) is 1. The van der Waals surface area contributed by atoms with Crippen molar-refractivity contribution in [3.63, 3.8) is 0 Å². The van der Waals surface area contributed by atoms with E-state index in [4.69, 9.17) is 25.8 Å². The number of ether oxygens (including phenoxy) is 3. The van der Waals surface area contributed by atoms with Gasteiger partial charge < -0.3 is 24.4 Å². The minimum absolute atomic E-state index is 0.0190. The average Bonchev–Trinajstić information content (AvgIpc) is 4.07. The van der Waals surface area contributed by atoms with Crippen molar-refractivity contribution >= 4 is 61.9 Å². The van der Waals surface area contributed by atoms with Crippen LogP contribution >= 0.6 is 11.6 Å². The van der Waals surface area contributed by atoms with E-state index in [1.165, 1.54) is 37.5 Å². The fourth-order valence-corrected chi connectivity index (χ4v) is 8.69. The number of nitrogens with one attached hydrogen (secondary N) is 2. The molecule has 3 aromatic rings. The van der Waals surface area contributed by atoms with Gasteiger partial charge in [-0.25, -0.2) is 27.9 Å². The number of anilines is 1. The number of pyridine rings is 1. The molecule has 5 atom stereocenters. The highest BCUT2D eigenvalue weighted by atomic mass is 35.5. The molecule has 4 amide bonds. The molecule has 55 heavy (non-hydrogen) atoms. The third-order valence-electron chi connectivity index (χ3n) is 10.4. The molecule has 2 aromatic carbocycles. The van der Waals surface area contributed by atoms with E-state index < -0.39 is 74.1 Å². The Hall–Kier alpha value is -4.89. The largest absolute Gasteiger partial charge is 0.494 e. The quantitative estimate of drug-likeness (QED) is 0.174. The van der Waals surface area contributed by atoms with Crippen LogP contribution < -0.4 is 19.5 Å². The Labute approximate surface area is 325 Å². The Kier molecular flexibility index (Phi) is 10.8. The van der Waals surface area contributed by atoms with E-state index in [0.717, 1.165) is 10.3 Å². The SMILES string of the molecule is C=C[C@@H]1C[C@@]1(C(=O)NS(=O)(=O)C1CC1)N(C(=O)[C@H](Nc1cccc(C(=O)OC)c1)C(C)(C)C)C(=O)N1C[C@H](Oc2ncc(OC)c3ccc(Cl)cc23)CC1C. The molecule has 1 aromatic heterocycles. The Morgan fingerprint density at radius 2 is 1.84 bits per heavy atom. The fourth-order valence-electron chi connectivity index (χ4n) is 7.15. The first-order chi connectivity index (χ1) is 25.9. The minimum Gasteiger partial charge on any atom is -0.494 e. The molecule has 16 heteroatoms. The van der Waals surface area contributed by atoms with Crippen molar-refractivity contribution in [3.8, 4) is 11.6 Å². The average molecular weight is 796 g/mol. The monoisotopic (exact) mass is 795 g/mol. The molecule has 2 heterocycles. The van der Waals surface area contributed by atoms with Crippen LogP contribution in [0.5, 0.6) is 11.6 Å². The van der Waals surface area contributed by atoms with Gasteiger partial charge in [-0.3, -0.25) is 14.3 Å². The summed E-state index contributed by atoms with van der Waals surface area (Å²) in [6, 6.07) is 9.19. The number of carbonyl (C=O) groups is 4. The maximum absolute atomic E-state index is 15.1. The van der Waals surface area contributed by atoms with Crippen molar-refractivity contribution in [2.24, 2.45) is 11.3 Å². The van der Waals surface area contributed by atoms with Gasteiger partial charge in [-0.1, -0.05) is 44.5 Å². The van der Waals surface area contributed by atoms with Crippen LogP contribution in [0.25, 0.3) is 10.8 Å². The van der Waals surface area contributed by atoms with Gasteiger partial charge in [0.2, 0.25) is 15.9 Å². The predicted molar refractivity (Wildman–Crippen MR) is 207 cm³/mol. The molecule has 0 spiro atoms. The van der Waals surface area contributed by atoms with E-state index in [1.54, 1.807) is 64.1 Å². The molecule has 0 radical (unpaired) electrons. The summed E-state index contributed by atoms with van der Waals surface area (Å²) in [6.45, 7) is 11.1. The lowest BCUT2D eigenvalue weighted by Gasteiger charge is -2.40. The van der Waals surface area contributed by atoms with Gasteiger partial charge in [0, 0.05) is 39.9 Å². The summed E-state index contributed by atoms with van der Waals surface area (Å²) in [5, 5.41) is 4.27. The van der Waals surface area contributed by atoms with Gasteiger partial charge in [0.05, 0.1) is 37.8 Å². The topological polar surface area (TPSA) is 174 Å². The maximum Gasteiger partial charge on any atom is 0.337 e. The molecule has 3 fully saturated rings. The number of imide groups is 1. The number of carbonyl (C=O) groups excluding carboxylic acids is 4. The van der Waals surface area contributed by atoms with Crippen molar-refractivity contribution in [2.45, 2.75) is 82.4 Å². The third kappa shape index (κ3) is 7.81. The molecule has 1 aliphatic heterocycles. The van der Waals surface area contributed by atoms with Crippen LogP contribution in [0.1, 0.15) is 63.7 Å². The number of halogens is 1. The van der Waals surface area contributed by atoms with E-state index in [0.29, 0.717) is 41.1 Å². The zero-order chi connectivity index (χ0) is 40.0. The number of rotatable bonds is 12. The number of aromatic nitrogens is 1. The molecule has 3 aliphatic rings. The first-order valence-electron chi connectivity index (χ1n) is 18.0. The van der Waals surface area contributed by atoms with Gasteiger partial charge in [-0.05, 0) is 68.0 Å². The summed E-state index contributed by atoms with van der Waals surface area (Å²) in [4.78, 5) is 63.6. The normalized spacial score (nSPS) is 22.7. The second-order valence-corrected chi connectivity index (χ2v) is 17.8. The number of fused-ring (bicyclic) bond motifs is 1. The smallest absolute Gasteiger partial charge is 0.337 e. The van der Waals surface area contributed by atoms with E-state index in [1.807, 2.05) is 0 Å². The van der Waals surface area contributed by atoms with E-state index in [2.05, 4.69) is 21.6 Å². The molecule has 2 N–H and O–H groups in total. The molecule has 14 nitrogen and oxygen atoms in total. The number of hydrogen-bond acceptors (Lipinski definition) is 11. The zero-order valence-electron chi connectivity index (χ0n) is 31.6. The van der Waals surface area contributed by atoms with Crippen LogP contribution in [0.15, 0.2) is 61.3 Å². The summed E-state index contributed by atoms with van der Waals surface area (Å²) in [5.74, 6) is -2.26. The minimum atomic E-state index is -4.06. The number of amides is 4. The maximum atomic E-state index is 15.1. The van der Waals surface area contributed by atoms with Gasteiger partial charge in [0.25, 0.3) is 11.8 Å². The Morgan fingerprint density at radius 3 is 2.45 bits per heavy atom. The highest BCUT2D eigenvalue weighted by Crippen LogP contribution is 2.52. The van der Waals surface area contributed by atoms with Gasteiger partial charge in [0.1, 0.15) is 23.4 Å². The number of urea groups is 1. The van der Waals surface area contributed by atoms with Crippen LogP contribution in [-0.2, 0) is 24.3 Å². The van der Waals surface area contributed by atoms with Gasteiger partial charge in [0.15, 0.2) is 0 Å². The van der Waals surface area contributed by atoms with Crippen molar-refractivity contribution in [1.29, 1.82) is 0 Å².